The van der Waals surface area contributed by atoms with Crippen molar-refractivity contribution in [1.29, 1.82) is 0 Å². The maximum atomic E-state index is 13.2. The summed E-state index contributed by atoms with van der Waals surface area (Å²) in [4.78, 5) is 16.0. The minimum atomic E-state index is -0.547. The SMILES string of the molecule is O=C1OC(c2cccc(F)c2)=NC1=Cc1cccc(Br)c1. The Morgan fingerprint density at radius 1 is 1.14 bits per heavy atom. The molecule has 2 aromatic carbocycles. The van der Waals surface area contributed by atoms with Crippen LogP contribution in [0.2, 0.25) is 0 Å². The number of hydrogen-bond acceptors (Lipinski definition) is 3. The Morgan fingerprint density at radius 2 is 1.95 bits per heavy atom. The van der Waals surface area contributed by atoms with Crippen molar-refractivity contribution in [1.82, 2.24) is 0 Å². The Balaban J connectivity index is 1.95. The molecule has 0 saturated carbocycles. The molecule has 21 heavy (non-hydrogen) atoms. The van der Waals surface area contributed by atoms with Gasteiger partial charge in [0.15, 0.2) is 5.70 Å². The molecule has 0 N–H and O–H groups in total. The summed E-state index contributed by atoms with van der Waals surface area (Å²) in [6.07, 6.45) is 1.62. The molecule has 0 aromatic heterocycles. The predicted octanol–water partition coefficient (Wildman–Crippen LogP) is 3.93. The van der Waals surface area contributed by atoms with Gasteiger partial charge in [0.05, 0.1) is 0 Å². The fourth-order valence-electron chi connectivity index (χ4n) is 1.91. The summed E-state index contributed by atoms with van der Waals surface area (Å²) in [5.74, 6) is -0.842. The van der Waals surface area contributed by atoms with E-state index in [1.54, 1.807) is 12.1 Å². The second kappa shape index (κ2) is 5.61. The van der Waals surface area contributed by atoms with Crippen molar-refractivity contribution in [2.24, 2.45) is 4.99 Å². The molecule has 104 valence electrons. The van der Waals surface area contributed by atoms with Gasteiger partial charge in [0.2, 0.25) is 5.90 Å². The Labute approximate surface area is 128 Å². The van der Waals surface area contributed by atoms with Crippen LogP contribution in [0.1, 0.15) is 11.1 Å². The Bertz CT molecular complexity index is 783. The molecule has 0 amide bonds. The first-order chi connectivity index (χ1) is 10.1. The molecule has 0 aliphatic carbocycles. The van der Waals surface area contributed by atoms with Crippen molar-refractivity contribution in [3.05, 3.63) is 75.6 Å². The number of carbonyl (C=O) groups is 1. The van der Waals surface area contributed by atoms with Crippen LogP contribution in [-0.4, -0.2) is 11.9 Å². The first-order valence-corrected chi connectivity index (χ1v) is 6.95. The molecule has 5 heteroatoms. The van der Waals surface area contributed by atoms with Gasteiger partial charge in [-0.15, -0.1) is 0 Å². The normalized spacial score (nSPS) is 16.0. The van der Waals surface area contributed by atoms with E-state index in [4.69, 9.17) is 4.74 Å². The van der Waals surface area contributed by atoms with E-state index < -0.39 is 11.8 Å². The second-order valence-corrected chi connectivity index (χ2v) is 5.32. The lowest BCUT2D eigenvalue weighted by Gasteiger charge is -1.98. The highest BCUT2D eigenvalue weighted by atomic mass is 79.9. The number of ether oxygens (including phenoxy) is 1. The zero-order chi connectivity index (χ0) is 14.8. The molecule has 1 heterocycles. The second-order valence-electron chi connectivity index (χ2n) is 4.40. The molecule has 1 aliphatic rings. The van der Waals surface area contributed by atoms with Gasteiger partial charge in [-0.05, 0) is 42.0 Å². The van der Waals surface area contributed by atoms with Crippen LogP contribution in [-0.2, 0) is 9.53 Å². The fraction of sp³-hybridized carbons (Fsp3) is 0. The summed E-state index contributed by atoms with van der Waals surface area (Å²) in [5.41, 5.74) is 1.44. The van der Waals surface area contributed by atoms with E-state index in [1.165, 1.54) is 18.2 Å². The molecule has 0 fully saturated rings. The van der Waals surface area contributed by atoms with Crippen LogP contribution in [0.15, 0.2) is 63.7 Å². The summed E-state index contributed by atoms with van der Waals surface area (Å²) in [5, 5.41) is 0. The van der Waals surface area contributed by atoms with E-state index in [-0.39, 0.29) is 11.6 Å². The van der Waals surface area contributed by atoms with Crippen molar-refractivity contribution < 1.29 is 13.9 Å². The Hall–Kier alpha value is -2.27. The number of aliphatic imine (C=N–C) groups is 1. The number of esters is 1. The van der Waals surface area contributed by atoms with Crippen LogP contribution >= 0.6 is 15.9 Å². The summed E-state index contributed by atoms with van der Waals surface area (Å²) >= 11 is 3.36. The van der Waals surface area contributed by atoms with Gasteiger partial charge in [0, 0.05) is 10.0 Å². The molecule has 0 atom stereocenters. The van der Waals surface area contributed by atoms with Crippen molar-refractivity contribution in [3.8, 4) is 0 Å². The van der Waals surface area contributed by atoms with Crippen molar-refractivity contribution in [2.75, 3.05) is 0 Å². The van der Waals surface area contributed by atoms with Crippen molar-refractivity contribution >= 4 is 33.9 Å². The van der Waals surface area contributed by atoms with Gasteiger partial charge in [-0.25, -0.2) is 14.2 Å². The number of carbonyl (C=O) groups excluding carboxylic acids is 1. The number of hydrogen-bond donors (Lipinski definition) is 0. The highest BCUT2D eigenvalue weighted by Gasteiger charge is 2.24. The highest BCUT2D eigenvalue weighted by Crippen LogP contribution is 2.21. The molecular formula is C16H9BrFNO2. The van der Waals surface area contributed by atoms with Gasteiger partial charge in [-0.2, -0.15) is 0 Å². The first-order valence-electron chi connectivity index (χ1n) is 6.16. The third-order valence-electron chi connectivity index (χ3n) is 2.84. The molecule has 0 saturated heterocycles. The van der Waals surface area contributed by atoms with E-state index >= 15 is 0 Å². The van der Waals surface area contributed by atoms with E-state index in [0.717, 1.165) is 10.0 Å². The predicted molar refractivity (Wildman–Crippen MR) is 81.1 cm³/mol. The van der Waals surface area contributed by atoms with Gasteiger partial charge >= 0.3 is 5.97 Å². The monoisotopic (exact) mass is 345 g/mol. The average molecular weight is 346 g/mol. The van der Waals surface area contributed by atoms with E-state index in [2.05, 4.69) is 20.9 Å². The fourth-order valence-corrected chi connectivity index (χ4v) is 2.33. The van der Waals surface area contributed by atoms with Crippen molar-refractivity contribution in [3.63, 3.8) is 0 Å². The molecule has 0 bridgehead atoms. The standard InChI is InChI=1S/C16H9BrFNO2/c17-12-5-1-3-10(7-12)8-14-16(20)21-15(19-14)11-4-2-6-13(18)9-11/h1-9H. The highest BCUT2D eigenvalue weighted by molar-refractivity contribution is 9.10. The quantitative estimate of drug-likeness (QED) is 0.610. The minimum Gasteiger partial charge on any atom is -0.402 e. The van der Waals surface area contributed by atoms with E-state index in [0.29, 0.717) is 5.56 Å². The molecule has 3 nitrogen and oxygen atoms in total. The third kappa shape index (κ3) is 3.08. The lowest BCUT2D eigenvalue weighted by atomic mass is 10.2. The molecule has 2 aromatic rings. The van der Waals surface area contributed by atoms with Gasteiger partial charge in [-0.1, -0.05) is 34.1 Å². The van der Waals surface area contributed by atoms with Crippen LogP contribution in [0.5, 0.6) is 0 Å². The zero-order valence-electron chi connectivity index (χ0n) is 10.7. The van der Waals surface area contributed by atoms with Gasteiger partial charge in [0.25, 0.3) is 0 Å². The van der Waals surface area contributed by atoms with Gasteiger partial charge in [0.1, 0.15) is 5.82 Å². The van der Waals surface area contributed by atoms with Crippen LogP contribution in [0.4, 0.5) is 4.39 Å². The summed E-state index contributed by atoms with van der Waals surface area (Å²) in [6, 6.07) is 13.2. The van der Waals surface area contributed by atoms with Gasteiger partial charge in [-0.3, -0.25) is 0 Å². The molecule has 0 spiro atoms. The number of rotatable bonds is 2. The molecular weight excluding hydrogens is 337 g/mol. The average Bonchev–Trinajstić information content (AvgIpc) is 2.80. The maximum Gasteiger partial charge on any atom is 0.363 e. The number of halogens is 2. The largest absolute Gasteiger partial charge is 0.402 e. The third-order valence-corrected chi connectivity index (χ3v) is 3.34. The molecule has 0 unspecified atom stereocenters. The summed E-state index contributed by atoms with van der Waals surface area (Å²) < 4.78 is 19.2. The molecule has 1 aliphatic heterocycles. The van der Waals surface area contributed by atoms with Crippen LogP contribution in [0.3, 0.4) is 0 Å². The van der Waals surface area contributed by atoms with E-state index in [9.17, 15) is 9.18 Å². The summed E-state index contributed by atoms with van der Waals surface area (Å²) in [7, 11) is 0. The summed E-state index contributed by atoms with van der Waals surface area (Å²) in [6.45, 7) is 0. The smallest absolute Gasteiger partial charge is 0.363 e. The minimum absolute atomic E-state index is 0.112. The molecule has 0 radical (unpaired) electrons. The lowest BCUT2D eigenvalue weighted by Crippen LogP contribution is -2.05. The molecule has 3 rings (SSSR count). The van der Waals surface area contributed by atoms with Crippen LogP contribution in [0.25, 0.3) is 6.08 Å². The van der Waals surface area contributed by atoms with Crippen LogP contribution < -0.4 is 0 Å². The Kier molecular flexibility index (Phi) is 3.66. The Morgan fingerprint density at radius 3 is 2.71 bits per heavy atom. The zero-order valence-corrected chi connectivity index (χ0v) is 12.3. The lowest BCUT2D eigenvalue weighted by molar-refractivity contribution is -0.129. The first kappa shape index (κ1) is 13.7. The van der Waals surface area contributed by atoms with Crippen LogP contribution in [0, 0.1) is 5.82 Å². The number of nitrogens with zero attached hydrogens (tertiary/aromatic N) is 1. The van der Waals surface area contributed by atoms with Crippen molar-refractivity contribution in [2.45, 2.75) is 0 Å². The number of benzene rings is 2. The van der Waals surface area contributed by atoms with E-state index in [1.807, 2.05) is 24.3 Å². The number of cyclic esters (lactones) is 1. The van der Waals surface area contributed by atoms with Gasteiger partial charge < -0.3 is 4.74 Å². The maximum absolute atomic E-state index is 13.2. The topological polar surface area (TPSA) is 38.7 Å².